The maximum Gasteiger partial charge on any atom is 0.249 e. The van der Waals surface area contributed by atoms with Crippen molar-refractivity contribution in [2.75, 3.05) is 0 Å². The van der Waals surface area contributed by atoms with E-state index in [4.69, 9.17) is 5.73 Å². The highest BCUT2D eigenvalue weighted by Crippen LogP contribution is 2.33. The zero-order valence-corrected chi connectivity index (χ0v) is 18.1. The standard InChI is InChI=1S/C25H24BrN2O/c1-2-3-4-6-17-11-14-20-23(15-17)28(16-18-9-12-19(26)13-10-18)22-8-5-7-21(24(20)22)25(27)29/h5,7-13,15H,2-4,6,16H2,1H3,(H2,27,29). The molecule has 0 unspecified atom stereocenters. The maximum atomic E-state index is 12.1. The molecular formula is C25H24BrN2O. The van der Waals surface area contributed by atoms with E-state index in [1.165, 1.54) is 30.4 Å². The molecule has 1 heterocycles. The molecule has 1 radical (unpaired) electrons. The van der Waals surface area contributed by atoms with Crippen LogP contribution in [0.1, 0.15) is 47.7 Å². The zero-order chi connectivity index (χ0) is 20.4. The third-order valence-corrected chi connectivity index (χ3v) is 5.97. The Morgan fingerprint density at radius 3 is 2.59 bits per heavy atom. The topological polar surface area (TPSA) is 48.0 Å². The fourth-order valence-corrected chi connectivity index (χ4v) is 4.23. The molecule has 0 aliphatic carbocycles. The smallest absolute Gasteiger partial charge is 0.249 e. The number of hydrogen-bond donors (Lipinski definition) is 1. The second kappa shape index (κ2) is 8.42. The summed E-state index contributed by atoms with van der Waals surface area (Å²) in [6.45, 7) is 2.94. The van der Waals surface area contributed by atoms with Gasteiger partial charge in [-0.05, 0) is 60.4 Å². The van der Waals surface area contributed by atoms with Gasteiger partial charge in [0.05, 0.1) is 11.0 Å². The average Bonchev–Trinajstić information content (AvgIpc) is 3.03. The molecule has 147 valence electrons. The molecule has 0 aliphatic heterocycles. The first kappa shape index (κ1) is 19.7. The van der Waals surface area contributed by atoms with E-state index in [1.54, 1.807) is 6.07 Å². The molecule has 0 spiro atoms. The molecule has 4 aromatic rings. The largest absolute Gasteiger partial charge is 0.366 e. The van der Waals surface area contributed by atoms with E-state index in [0.717, 1.165) is 39.2 Å². The lowest BCUT2D eigenvalue weighted by molar-refractivity contribution is 0.100. The number of fused-ring (bicyclic) bond motifs is 3. The lowest BCUT2D eigenvalue weighted by atomic mass is 10.0. The lowest BCUT2D eigenvalue weighted by Gasteiger charge is -2.09. The van der Waals surface area contributed by atoms with Crippen molar-refractivity contribution < 1.29 is 4.79 Å². The van der Waals surface area contributed by atoms with Crippen LogP contribution >= 0.6 is 15.9 Å². The Bertz CT molecular complexity index is 1180. The number of rotatable bonds is 7. The van der Waals surface area contributed by atoms with Crippen molar-refractivity contribution in [3.63, 3.8) is 0 Å². The van der Waals surface area contributed by atoms with Gasteiger partial charge < -0.3 is 10.3 Å². The molecule has 1 aromatic heterocycles. The van der Waals surface area contributed by atoms with Crippen molar-refractivity contribution in [1.82, 2.24) is 4.57 Å². The molecule has 29 heavy (non-hydrogen) atoms. The summed E-state index contributed by atoms with van der Waals surface area (Å²) in [5.74, 6) is -0.404. The summed E-state index contributed by atoms with van der Waals surface area (Å²) in [6.07, 6.45) is 4.65. The molecule has 4 rings (SSSR count). The summed E-state index contributed by atoms with van der Waals surface area (Å²) in [6, 6.07) is 21.9. The quantitative estimate of drug-likeness (QED) is 0.335. The molecule has 0 aliphatic rings. The minimum absolute atomic E-state index is 0.404. The fraction of sp³-hybridized carbons (Fsp3) is 0.240. The van der Waals surface area contributed by atoms with E-state index < -0.39 is 5.91 Å². The minimum Gasteiger partial charge on any atom is -0.366 e. The van der Waals surface area contributed by atoms with E-state index >= 15 is 0 Å². The molecule has 2 N–H and O–H groups in total. The number of nitrogens with zero attached hydrogens (tertiary/aromatic N) is 1. The van der Waals surface area contributed by atoms with Gasteiger partial charge in [0.15, 0.2) is 0 Å². The van der Waals surface area contributed by atoms with Gasteiger partial charge >= 0.3 is 0 Å². The van der Waals surface area contributed by atoms with E-state index in [1.807, 2.05) is 6.07 Å². The van der Waals surface area contributed by atoms with E-state index in [2.05, 4.69) is 76.0 Å². The Morgan fingerprint density at radius 2 is 1.86 bits per heavy atom. The lowest BCUT2D eigenvalue weighted by Crippen LogP contribution is -2.11. The van der Waals surface area contributed by atoms with Gasteiger partial charge in [-0.25, -0.2) is 0 Å². The van der Waals surface area contributed by atoms with E-state index in [0.29, 0.717) is 5.56 Å². The molecule has 0 atom stereocenters. The number of amides is 1. The second-order valence-electron chi connectivity index (χ2n) is 7.50. The monoisotopic (exact) mass is 447 g/mol. The summed E-state index contributed by atoms with van der Waals surface area (Å²) >= 11 is 3.50. The molecule has 0 saturated heterocycles. The third-order valence-electron chi connectivity index (χ3n) is 5.44. The van der Waals surface area contributed by atoms with Crippen LogP contribution < -0.4 is 5.73 Å². The highest BCUT2D eigenvalue weighted by molar-refractivity contribution is 9.10. The van der Waals surface area contributed by atoms with Gasteiger partial charge in [-0.1, -0.05) is 60.0 Å². The molecule has 3 aromatic carbocycles. The van der Waals surface area contributed by atoms with Gasteiger partial charge in [-0.15, -0.1) is 0 Å². The number of nitrogens with two attached hydrogens (primary N) is 1. The van der Waals surface area contributed by atoms with Crippen LogP contribution in [0, 0.1) is 6.07 Å². The normalized spacial score (nSPS) is 11.4. The number of aryl methyl sites for hydroxylation is 1. The third kappa shape index (κ3) is 3.95. The number of carbonyl (C=O) groups excluding carboxylic acids is 1. The van der Waals surface area contributed by atoms with Crippen molar-refractivity contribution in [2.45, 2.75) is 39.2 Å². The van der Waals surface area contributed by atoms with Crippen molar-refractivity contribution in [1.29, 1.82) is 0 Å². The number of primary amides is 1. The van der Waals surface area contributed by atoms with Crippen molar-refractivity contribution >= 4 is 43.6 Å². The first-order valence-electron chi connectivity index (χ1n) is 10.1. The van der Waals surface area contributed by atoms with Crippen molar-refractivity contribution in [3.8, 4) is 0 Å². The Morgan fingerprint density at radius 1 is 1.07 bits per heavy atom. The minimum atomic E-state index is -0.404. The van der Waals surface area contributed by atoms with Crippen LogP contribution in [0.3, 0.4) is 0 Å². The van der Waals surface area contributed by atoms with E-state index in [-0.39, 0.29) is 0 Å². The van der Waals surface area contributed by atoms with Gasteiger partial charge in [0, 0.05) is 27.4 Å². The first-order chi connectivity index (χ1) is 14.1. The molecule has 0 bridgehead atoms. The van der Waals surface area contributed by atoms with Crippen LogP contribution in [-0.4, -0.2) is 10.5 Å². The first-order valence-corrected chi connectivity index (χ1v) is 10.9. The molecule has 0 fully saturated rings. The van der Waals surface area contributed by atoms with Crippen LogP contribution in [0.4, 0.5) is 0 Å². The summed E-state index contributed by atoms with van der Waals surface area (Å²) in [5.41, 5.74) is 10.8. The predicted molar refractivity (Wildman–Crippen MR) is 123 cm³/mol. The molecule has 0 saturated carbocycles. The SMILES string of the molecule is CCCCCc1c[c]c2c3c(C(N)=O)cccc3n(Cc3ccc(Br)cc3)c2c1. The fourth-order valence-electron chi connectivity index (χ4n) is 3.97. The van der Waals surface area contributed by atoms with Crippen LogP contribution in [0.25, 0.3) is 21.8 Å². The van der Waals surface area contributed by atoms with Gasteiger partial charge in [0.2, 0.25) is 5.91 Å². The Kier molecular flexibility index (Phi) is 5.72. The Balaban J connectivity index is 1.91. The zero-order valence-electron chi connectivity index (χ0n) is 16.5. The Labute approximate surface area is 179 Å². The second-order valence-corrected chi connectivity index (χ2v) is 8.42. The maximum absolute atomic E-state index is 12.1. The number of hydrogen-bond acceptors (Lipinski definition) is 1. The molecule has 1 amide bonds. The van der Waals surface area contributed by atoms with Gasteiger partial charge in [0.25, 0.3) is 0 Å². The van der Waals surface area contributed by atoms with Gasteiger partial charge in [-0.3, -0.25) is 4.79 Å². The molecule has 4 heteroatoms. The molecular weight excluding hydrogens is 424 g/mol. The molecule has 3 nitrogen and oxygen atoms in total. The summed E-state index contributed by atoms with van der Waals surface area (Å²) in [4.78, 5) is 12.1. The highest BCUT2D eigenvalue weighted by Gasteiger charge is 2.17. The van der Waals surface area contributed by atoms with Crippen LogP contribution in [0.15, 0.2) is 59.1 Å². The number of aromatic nitrogens is 1. The van der Waals surface area contributed by atoms with Crippen LogP contribution in [0.5, 0.6) is 0 Å². The van der Waals surface area contributed by atoms with E-state index in [9.17, 15) is 4.79 Å². The highest BCUT2D eigenvalue weighted by atomic mass is 79.9. The number of carbonyl (C=O) groups is 1. The number of unbranched alkanes of at least 4 members (excludes halogenated alkanes) is 2. The van der Waals surface area contributed by atoms with Crippen LogP contribution in [-0.2, 0) is 13.0 Å². The predicted octanol–water partition coefficient (Wildman–Crippen LogP) is 6.24. The van der Waals surface area contributed by atoms with Crippen LogP contribution in [0.2, 0.25) is 0 Å². The van der Waals surface area contributed by atoms with Crippen molar-refractivity contribution in [3.05, 3.63) is 81.8 Å². The number of benzene rings is 3. The van der Waals surface area contributed by atoms with Crippen molar-refractivity contribution in [2.24, 2.45) is 5.73 Å². The van der Waals surface area contributed by atoms with Gasteiger partial charge in [0.1, 0.15) is 0 Å². The van der Waals surface area contributed by atoms with Gasteiger partial charge in [-0.2, -0.15) is 0 Å². The number of halogens is 1. The Hall–Kier alpha value is -2.59. The summed E-state index contributed by atoms with van der Waals surface area (Å²) in [7, 11) is 0. The average molecular weight is 448 g/mol. The summed E-state index contributed by atoms with van der Waals surface area (Å²) in [5, 5.41) is 1.86. The summed E-state index contributed by atoms with van der Waals surface area (Å²) < 4.78 is 3.34.